The normalized spacial score (nSPS) is 16.5. The van der Waals surface area contributed by atoms with Crippen LogP contribution < -0.4 is 11.1 Å². The van der Waals surface area contributed by atoms with Crippen LogP contribution in [-0.2, 0) is 9.59 Å². The number of carboxylic acids is 1. The summed E-state index contributed by atoms with van der Waals surface area (Å²) in [5.41, 5.74) is 5.50. The number of hydrogen-bond acceptors (Lipinski definition) is 3. The van der Waals surface area contributed by atoms with Crippen LogP contribution >= 0.6 is 0 Å². The number of rotatable bonds is 6. The van der Waals surface area contributed by atoms with Crippen molar-refractivity contribution in [2.45, 2.75) is 45.7 Å². The van der Waals surface area contributed by atoms with Crippen LogP contribution in [0.1, 0.15) is 33.6 Å². The second-order valence-electron chi connectivity index (χ2n) is 3.72. The van der Waals surface area contributed by atoms with Gasteiger partial charge in [-0.15, -0.1) is 0 Å². The van der Waals surface area contributed by atoms with Gasteiger partial charge >= 0.3 is 5.97 Å². The van der Waals surface area contributed by atoms with Crippen LogP contribution in [-0.4, -0.2) is 29.1 Å². The molecule has 0 radical (unpaired) electrons. The van der Waals surface area contributed by atoms with Gasteiger partial charge in [-0.3, -0.25) is 4.79 Å². The maximum atomic E-state index is 11.4. The van der Waals surface area contributed by atoms with E-state index >= 15 is 0 Å². The number of nitrogens with two attached hydrogens (primary N) is 1. The highest BCUT2D eigenvalue weighted by molar-refractivity contribution is 5.86. The molecule has 4 N–H and O–H groups in total. The van der Waals surface area contributed by atoms with Gasteiger partial charge in [0.25, 0.3) is 0 Å². The SMILES string of the molecule is CCC(N)C(=O)N[C@H](C(=O)O)C(C)CC. The second-order valence-corrected chi connectivity index (χ2v) is 3.72. The predicted octanol–water partition coefficient (Wildman–Crippen LogP) is 0.339. The number of amides is 1. The van der Waals surface area contributed by atoms with Crippen molar-refractivity contribution < 1.29 is 14.7 Å². The van der Waals surface area contributed by atoms with Crippen LogP contribution in [0.25, 0.3) is 0 Å². The molecule has 88 valence electrons. The Morgan fingerprint density at radius 2 is 1.87 bits per heavy atom. The summed E-state index contributed by atoms with van der Waals surface area (Å²) in [6, 6.07) is -1.48. The highest BCUT2D eigenvalue weighted by atomic mass is 16.4. The zero-order valence-electron chi connectivity index (χ0n) is 9.49. The summed E-state index contributed by atoms with van der Waals surface area (Å²) in [5.74, 6) is -1.51. The largest absolute Gasteiger partial charge is 0.480 e. The highest BCUT2D eigenvalue weighted by Crippen LogP contribution is 2.08. The van der Waals surface area contributed by atoms with Crippen LogP contribution in [0.2, 0.25) is 0 Å². The van der Waals surface area contributed by atoms with Crippen molar-refractivity contribution in [1.82, 2.24) is 5.32 Å². The Morgan fingerprint density at radius 3 is 2.20 bits per heavy atom. The smallest absolute Gasteiger partial charge is 0.326 e. The van der Waals surface area contributed by atoms with Gasteiger partial charge in [-0.1, -0.05) is 27.2 Å². The summed E-state index contributed by atoms with van der Waals surface area (Å²) in [6.07, 6.45) is 1.19. The lowest BCUT2D eigenvalue weighted by molar-refractivity contribution is -0.143. The number of nitrogens with one attached hydrogen (secondary N) is 1. The van der Waals surface area contributed by atoms with Gasteiger partial charge < -0.3 is 16.2 Å². The molecule has 0 aromatic heterocycles. The van der Waals surface area contributed by atoms with Crippen molar-refractivity contribution in [3.05, 3.63) is 0 Å². The molecule has 1 amide bonds. The van der Waals surface area contributed by atoms with Gasteiger partial charge in [-0.05, 0) is 12.3 Å². The van der Waals surface area contributed by atoms with E-state index in [-0.39, 0.29) is 5.92 Å². The second kappa shape index (κ2) is 6.40. The zero-order chi connectivity index (χ0) is 12.0. The van der Waals surface area contributed by atoms with E-state index in [2.05, 4.69) is 5.32 Å². The number of hydrogen-bond donors (Lipinski definition) is 3. The maximum Gasteiger partial charge on any atom is 0.326 e. The summed E-state index contributed by atoms with van der Waals surface area (Å²) < 4.78 is 0. The fourth-order valence-electron chi connectivity index (χ4n) is 1.13. The van der Waals surface area contributed by atoms with Crippen molar-refractivity contribution in [1.29, 1.82) is 0 Å². The third-order valence-corrected chi connectivity index (χ3v) is 2.55. The van der Waals surface area contributed by atoms with Gasteiger partial charge in [0, 0.05) is 0 Å². The van der Waals surface area contributed by atoms with E-state index in [0.29, 0.717) is 12.8 Å². The zero-order valence-corrected chi connectivity index (χ0v) is 9.49. The highest BCUT2D eigenvalue weighted by Gasteiger charge is 2.26. The lowest BCUT2D eigenvalue weighted by atomic mass is 9.99. The Hall–Kier alpha value is -1.10. The van der Waals surface area contributed by atoms with E-state index in [1.165, 1.54) is 0 Å². The molecule has 0 fully saturated rings. The number of carboxylic acid groups (broad SMARTS) is 1. The fraction of sp³-hybridized carbons (Fsp3) is 0.800. The molecule has 0 spiro atoms. The van der Waals surface area contributed by atoms with Crippen LogP contribution in [0.4, 0.5) is 0 Å². The average molecular weight is 216 g/mol. The van der Waals surface area contributed by atoms with Crippen LogP contribution in [0, 0.1) is 5.92 Å². The summed E-state index contributed by atoms with van der Waals surface area (Å²) in [5, 5.41) is 11.4. The lowest BCUT2D eigenvalue weighted by Crippen LogP contribution is -2.50. The topological polar surface area (TPSA) is 92.4 Å². The molecule has 0 saturated heterocycles. The standard InChI is InChI=1S/C10H20N2O3/c1-4-6(3)8(10(14)15)12-9(13)7(11)5-2/h6-8H,4-5,11H2,1-3H3,(H,12,13)(H,14,15)/t6?,7?,8-/m0/s1. The lowest BCUT2D eigenvalue weighted by Gasteiger charge is -2.21. The minimum atomic E-state index is -1.01. The molecule has 0 aliphatic heterocycles. The molecule has 5 heteroatoms. The van der Waals surface area contributed by atoms with Crippen LogP contribution in [0.5, 0.6) is 0 Å². The van der Waals surface area contributed by atoms with Crippen molar-refractivity contribution in [3.8, 4) is 0 Å². The third kappa shape index (κ3) is 4.29. The molecule has 0 aromatic carbocycles. The van der Waals surface area contributed by atoms with Crippen molar-refractivity contribution in [2.24, 2.45) is 11.7 Å². The first-order valence-corrected chi connectivity index (χ1v) is 5.22. The van der Waals surface area contributed by atoms with Crippen molar-refractivity contribution in [3.63, 3.8) is 0 Å². The number of carbonyl (C=O) groups is 2. The van der Waals surface area contributed by atoms with Gasteiger partial charge in [-0.2, -0.15) is 0 Å². The summed E-state index contributed by atoms with van der Waals surface area (Å²) >= 11 is 0. The van der Waals surface area contributed by atoms with Crippen LogP contribution in [0.15, 0.2) is 0 Å². The molecule has 5 nitrogen and oxygen atoms in total. The molecule has 0 aliphatic carbocycles. The Kier molecular flexibility index (Phi) is 5.93. The van der Waals surface area contributed by atoms with Crippen molar-refractivity contribution in [2.75, 3.05) is 0 Å². The minimum Gasteiger partial charge on any atom is -0.480 e. The molecular formula is C10H20N2O3. The molecule has 0 aromatic rings. The number of carbonyl (C=O) groups excluding carboxylic acids is 1. The predicted molar refractivity (Wildman–Crippen MR) is 57.3 cm³/mol. The first kappa shape index (κ1) is 13.9. The summed E-state index contributed by atoms with van der Waals surface area (Å²) in [4.78, 5) is 22.3. The molecule has 0 bridgehead atoms. The monoisotopic (exact) mass is 216 g/mol. The van der Waals surface area contributed by atoms with Gasteiger partial charge in [0.1, 0.15) is 6.04 Å². The van der Waals surface area contributed by atoms with E-state index < -0.39 is 24.0 Å². The summed E-state index contributed by atoms with van der Waals surface area (Å²) in [6.45, 7) is 5.45. The van der Waals surface area contributed by atoms with Gasteiger partial charge in [0.05, 0.1) is 6.04 Å². The molecule has 3 atom stereocenters. The fourth-order valence-corrected chi connectivity index (χ4v) is 1.13. The summed E-state index contributed by atoms with van der Waals surface area (Å²) in [7, 11) is 0. The van der Waals surface area contributed by atoms with E-state index in [0.717, 1.165) is 0 Å². The Labute approximate surface area is 90.0 Å². The Balaban J connectivity index is 4.42. The van der Waals surface area contributed by atoms with Gasteiger partial charge in [0.2, 0.25) is 5.91 Å². The Bertz CT molecular complexity index is 231. The average Bonchev–Trinajstić information content (AvgIpc) is 2.22. The number of aliphatic carboxylic acids is 1. The maximum absolute atomic E-state index is 11.4. The first-order valence-electron chi connectivity index (χ1n) is 5.22. The van der Waals surface area contributed by atoms with E-state index in [9.17, 15) is 9.59 Å². The Morgan fingerprint density at radius 1 is 1.33 bits per heavy atom. The molecule has 0 heterocycles. The molecule has 0 saturated carbocycles. The van der Waals surface area contributed by atoms with E-state index in [1.807, 2.05) is 6.92 Å². The molecule has 0 rings (SSSR count). The quantitative estimate of drug-likeness (QED) is 0.597. The molecule has 2 unspecified atom stereocenters. The van der Waals surface area contributed by atoms with Gasteiger partial charge in [0.15, 0.2) is 0 Å². The molecule has 15 heavy (non-hydrogen) atoms. The third-order valence-electron chi connectivity index (χ3n) is 2.55. The molecular weight excluding hydrogens is 196 g/mol. The van der Waals surface area contributed by atoms with Crippen molar-refractivity contribution >= 4 is 11.9 Å². The van der Waals surface area contributed by atoms with E-state index in [4.69, 9.17) is 10.8 Å². The first-order chi connectivity index (χ1) is 6.93. The molecule has 0 aliphatic rings. The van der Waals surface area contributed by atoms with E-state index in [1.54, 1.807) is 13.8 Å². The van der Waals surface area contributed by atoms with Gasteiger partial charge in [-0.25, -0.2) is 4.79 Å². The minimum absolute atomic E-state index is 0.101. The van der Waals surface area contributed by atoms with Crippen LogP contribution in [0.3, 0.4) is 0 Å².